The van der Waals surface area contributed by atoms with Gasteiger partial charge in [-0.15, -0.1) is 0 Å². The van der Waals surface area contributed by atoms with Gasteiger partial charge in [-0.05, 0) is 30.2 Å². The Balaban J connectivity index is 1.79. The minimum Gasteiger partial charge on any atom is -0.296 e. The third kappa shape index (κ3) is 3.66. The van der Waals surface area contributed by atoms with Crippen molar-refractivity contribution in [3.05, 3.63) is 66.0 Å². The van der Waals surface area contributed by atoms with E-state index in [2.05, 4.69) is 17.4 Å². The van der Waals surface area contributed by atoms with Crippen LogP contribution in [0, 0.1) is 0 Å². The monoisotopic (exact) mass is 228 g/mol. The molecule has 17 heavy (non-hydrogen) atoms. The maximum Gasteiger partial charge on any atom is 0.0933 e. The molecule has 2 aromatic rings. The van der Waals surface area contributed by atoms with Crippen LogP contribution >= 0.6 is 0 Å². The second-order valence-electron chi connectivity index (χ2n) is 3.89. The maximum absolute atomic E-state index is 5.47. The number of nitrogens with one attached hydrogen (secondary N) is 1. The van der Waals surface area contributed by atoms with Gasteiger partial charge in [0.25, 0.3) is 0 Å². The first-order valence-electron chi connectivity index (χ1n) is 5.67. The quantitative estimate of drug-likeness (QED) is 0.799. The van der Waals surface area contributed by atoms with E-state index in [1.165, 1.54) is 0 Å². The third-order valence-corrected chi connectivity index (χ3v) is 2.55. The Bertz CT molecular complexity index is 430. The van der Waals surface area contributed by atoms with Gasteiger partial charge in [0.15, 0.2) is 0 Å². The highest BCUT2D eigenvalue weighted by Gasteiger charge is 2.03. The molecule has 0 saturated heterocycles. The summed E-state index contributed by atoms with van der Waals surface area (Å²) < 4.78 is 0. The number of pyridine rings is 1. The number of aromatic nitrogens is 1. The number of hydroxylamine groups is 1. The zero-order valence-electron chi connectivity index (χ0n) is 9.84. The molecule has 0 aliphatic rings. The summed E-state index contributed by atoms with van der Waals surface area (Å²) in [7, 11) is 0. The van der Waals surface area contributed by atoms with Crippen LogP contribution in [0.4, 0.5) is 0 Å². The van der Waals surface area contributed by atoms with Crippen LogP contribution in [0.5, 0.6) is 0 Å². The first-order chi connectivity index (χ1) is 8.36. The number of hydrogen-bond donors (Lipinski definition) is 1. The summed E-state index contributed by atoms with van der Waals surface area (Å²) >= 11 is 0. The molecule has 1 unspecified atom stereocenters. The molecule has 1 N–H and O–H groups in total. The van der Waals surface area contributed by atoms with Crippen LogP contribution in [0.2, 0.25) is 0 Å². The summed E-state index contributed by atoms with van der Waals surface area (Å²) in [5.41, 5.74) is 5.33. The largest absolute Gasteiger partial charge is 0.296 e. The normalized spacial score (nSPS) is 12.3. The van der Waals surface area contributed by atoms with Crippen molar-refractivity contribution in [1.82, 2.24) is 10.5 Å². The second-order valence-corrected chi connectivity index (χ2v) is 3.89. The molecule has 0 aliphatic carbocycles. The molecule has 0 amide bonds. The number of nitrogens with zero attached hydrogens (tertiary/aromatic N) is 1. The lowest BCUT2D eigenvalue weighted by Gasteiger charge is -2.13. The van der Waals surface area contributed by atoms with Crippen molar-refractivity contribution in [2.24, 2.45) is 0 Å². The predicted molar refractivity (Wildman–Crippen MR) is 67.0 cm³/mol. The fourth-order valence-electron chi connectivity index (χ4n) is 1.54. The first kappa shape index (κ1) is 11.8. The minimum absolute atomic E-state index is 0.154. The van der Waals surface area contributed by atoms with Crippen molar-refractivity contribution in [3.63, 3.8) is 0 Å². The average molecular weight is 228 g/mol. The van der Waals surface area contributed by atoms with Gasteiger partial charge < -0.3 is 0 Å². The smallest absolute Gasteiger partial charge is 0.0933 e. The van der Waals surface area contributed by atoms with Crippen molar-refractivity contribution < 1.29 is 4.84 Å². The Hall–Kier alpha value is -1.71. The fourth-order valence-corrected chi connectivity index (χ4v) is 1.54. The molecule has 1 heterocycles. The molecular weight excluding hydrogens is 212 g/mol. The topological polar surface area (TPSA) is 34.1 Å². The zero-order valence-corrected chi connectivity index (χ0v) is 9.84. The SMILES string of the molecule is CC(NOCc1ccccc1)c1ccncc1. The van der Waals surface area contributed by atoms with E-state index in [1.807, 2.05) is 42.5 Å². The Kier molecular flexibility index (Phi) is 4.24. The lowest BCUT2D eigenvalue weighted by atomic mass is 10.1. The van der Waals surface area contributed by atoms with Crippen LogP contribution in [0.15, 0.2) is 54.9 Å². The van der Waals surface area contributed by atoms with Crippen LogP contribution < -0.4 is 5.48 Å². The highest BCUT2D eigenvalue weighted by atomic mass is 16.6. The first-order valence-corrected chi connectivity index (χ1v) is 5.67. The van der Waals surface area contributed by atoms with Gasteiger partial charge in [0.2, 0.25) is 0 Å². The van der Waals surface area contributed by atoms with E-state index in [1.54, 1.807) is 12.4 Å². The molecule has 0 saturated carbocycles. The highest BCUT2D eigenvalue weighted by molar-refractivity contribution is 5.14. The Morgan fingerprint density at radius 2 is 1.82 bits per heavy atom. The number of benzene rings is 1. The summed E-state index contributed by atoms with van der Waals surface area (Å²) in [6, 6.07) is 14.2. The molecule has 1 atom stereocenters. The number of rotatable bonds is 5. The lowest BCUT2D eigenvalue weighted by Crippen LogP contribution is -2.18. The van der Waals surface area contributed by atoms with Crippen molar-refractivity contribution in [2.45, 2.75) is 19.6 Å². The minimum atomic E-state index is 0.154. The van der Waals surface area contributed by atoms with E-state index in [0.717, 1.165) is 11.1 Å². The molecule has 1 aromatic carbocycles. The van der Waals surface area contributed by atoms with Crippen LogP contribution in [0.25, 0.3) is 0 Å². The summed E-state index contributed by atoms with van der Waals surface area (Å²) in [6.07, 6.45) is 3.56. The van der Waals surface area contributed by atoms with E-state index in [0.29, 0.717) is 6.61 Å². The van der Waals surface area contributed by atoms with Gasteiger partial charge in [0, 0.05) is 12.4 Å². The maximum atomic E-state index is 5.47. The summed E-state index contributed by atoms with van der Waals surface area (Å²) in [5, 5.41) is 0. The molecule has 0 spiro atoms. The van der Waals surface area contributed by atoms with E-state index in [-0.39, 0.29) is 6.04 Å². The third-order valence-electron chi connectivity index (χ3n) is 2.55. The van der Waals surface area contributed by atoms with Crippen molar-refractivity contribution >= 4 is 0 Å². The molecule has 3 heteroatoms. The van der Waals surface area contributed by atoms with E-state index < -0.39 is 0 Å². The molecule has 2 rings (SSSR count). The molecular formula is C14H16N2O. The Morgan fingerprint density at radius 1 is 1.12 bits per heavy atom. The van der Waals surface area contributed by atoms with Gasteiger partial charge in [-0.3, -0.25) is 9.82 Å². The van der Waals surface area contributed by atoms with Crippen molar-refractivity contribution in [1.29, 1.82) is 0 Å². The predicted octanol–water partition coefficient (Wildman–Crippen LogP) is 2.86. The lowest BCUT2D eigenvalue weighted by molar-refractivity contribution is 0.00697. The molecule has 0 fully saturated rings. The van der Waals surface area contributed by atoms with E-state index in [4.69, 9.17) is 4.84 Å². The van der Waals surface area contributed by atoms with Gasteiger partial charge in [0.1, 0.15) is 0 Å². The molecule has 0 radical (unpaired) electrons. The number of hydrogen-bond acceptors (Lipinski definition) is 3. The molecule has 88 valence electrons. The highest BCUT2D eigenvalue weighted by Crippen LogP contribution is 2.10. The molecule has 0 aliphatic heterocycles. The van der Waals surface area contributed by atoms with Gasteiger partial charge in [-0.1, -0.05) is 30.3 Å². The Labute approximate surface area is 101 Å². The fraction of sp³-hybridized carbons (Fsp3) is 0.214. The van der Waals surface area contributed by atoms with Crippen molar-refractivity contribution in [2.75, 3.05) is 0 Å². The summed E-state index contributed by atoms with van der Waals surface area (Å²) in [6.45, 7) is 2.62. The van der Waals surface area contributed by atoms with Crippen LogP contribution in [0.3, 0.4) is 0 Å². The van der Waals surface area contributed by atoms with Gasteiger partial charge in [0.05, 0.1) is 12.6 Å². The van der Waals surface area contributed by atoms with Crippen LogP contribution in [0.1, 0.15) is 24.1 Å². The summed E-state index contributed by atoms with van der Waals surface area (Å²) in [5.74, 6) is 0. The van der Waals surface area contributed by atoms with E-state index in [9.17, 15) is 0 Å². The van der Waals surface area contributed by atoms with Crippen LogP contribution in [-0.2, 0) is 11.4 Å². The zero-order chi connectivity index (χ0) is 11.9. The molecule has 0 bridgehead atoms. The van der Waals surface area contributed by atoms with Crippen molar-refractivity contribution in [3.8, 4) is 0 Å². The van der Waals surface area contributed by atoms with Gasteiger partial charge >= 0.3 is 0 Å². The average Bonchev–Trinajstić information content (AvgIpc) is 2.41. The molecule has 1 aromatic heterocycles. The standard InChI is InChI=1S/C14H16N2O/c1-12(14-7-9-15-10-8-14)16-17-11-13-5-3-2-4-6-13/h2-10,12,16H,11H2,1H3. The molecule has 3 nitrogen and oxygen atoms in total. The van der Waals surface area contributed by atoms with E-state index >= 15 is 0 Å². The van der Waals surface area contributed by atoms with Gasteiger partial charge in [-0.2, -0.15) is 5.48 Å². The van der Waals surface area contributed by atoms with Gasteiger partial charge in [-0.25, -0.2) is 0 Å². The second kappa shape index (κ2) is 6.13. The Morgan fingerprint density at radius 3 is 2.53 bits per heavy atom. The summed E-state index contributed by atoms with van der Waals surface area (Å²) in [4.78, 5) is 9.45. The van der Waals surface area contributed by atoms with Crippen LogP contribution in [-0.4, -0.2) is 4.98 Å².